The highest BCUT2D eigenvalue weighted by Gasteiger charge is 2.20. The Labute approximate surface area is 152 Å². The smallest absolute Gasteiger partial charge is 0.279 e. The lowest BCUT2D eigenvalue weighted by Crippen LogP contribution is -2.47. The highest BCUT2D eigenvalue weighted by Crippen LogP contribution is 2.19. The van der Waals surface area contributed by atoms with E-state index in [0.717, 1.165) is 31.7 Å². The van der Waals surface area contributed by atoms with Gasteiger partial charge in [-0.05, 0) is 24.6 Å². The van der Waals surface area contributed by atoms with Crippen LogP contribution >= 0.6 is 0 Å². The molecule has 1 saturated heterocycles. The van der Waals surface area contributed by atoms with Crippen molar-refractivity contribution in [2.75, 3.05) is 36.0 Å². The van der Waals surface area contributed by atoms with E-state index in [9.17, 15) is 4.79 Å². The van der Waals surface area contributed by atoms with Crippen molar-refractivity contribution in [1.82, 2.24) is 15.2 Å². The molecule has 0 bridgehead atoms. The molecule has 3 aromatic rings. The Morgan fingerprint density at radius 1 is 0.885 bits per heavy atom. The second kappa shape index (κ2) is 7.00. The molecule has 1 aromatic heterocycles. The Hall–Kier alpha value is -3.15. The van der Waals surface area contributed by atoms with Crippen molar-refractivity contribution in [2.24, 2.45) is 0 Å². The molecule has 6 heteroatoms. The summed E-state index contributed by atoms with van der Waals surface area (Å²) < 4.78 is 0. The number of aryl methyl sites for hydroxylation is 1. The maximum Gasteiger partial charge on any atom is 0.279 e. The van der Waals surface area contributed by atoms with Crippen LogP contribution in [0, 0.1) is 6.92 Å². The summed E-state index contributed by atoms with van der Waals surface area (Å²) in [5, 5.41) is 8.42. The summed E-state index contributed by atoms with van der Waals surface area (Å²) in [6.45, 7) is 5.46. The molecule has 6 nitrogen and oxygen atoms in total. The molecular formula is C20H21N5O. The van der Waals surface area contributed by atoms with Crippen LogP contribution in [0.3, 0.4) is 0 Å². The van der Waals surface area contributed by atoms with E-state index in [2.05, 4.69) is 56.2 Å². The Balaban J connectivity index is 1.48. The molecule has 0 saturated carbocycles. The number of anilines is 2. The predicted octanol–water partition coefficient (Wildman–Crippen LogP) is 2.47. The van der Waals surface area contributed by atoms with E-state index in [1.807, 2.05) is 30.3 Å². The number of benzene rings is 2. The summed E-state index contributed by atoms with van der Waals surface area (Å²) in [7, 11) is 0. The zero-order chi connectivity index (χ0) is 17.9. The van der Waals surface area contributed by atoms with Crippen molar-refractivity contribution in [2.45, 2.75) is 6.92 Å². The minimum atomic E-state index is -0.206. The van der Waals surface area contributed by atoms with E-state index in [0.29, 0.717) is 11.6 Å². The normalized spacial score (nSPS) is 14.5. The molecule has 1 aliphatic heterocycles. The molecule has 0 atom stereocenters. The number of hydrogen-bond acceptors (Lipinski definition) is 5. The van der Waals surface area contributed by atoms with Crippen LogP contribution in [0.4, 0.5) is 11.6 Å². The molecule has 0 aliphatic carbocycles. The summed E-state index contributed by atoms with van der Waals surface area (Å²) in [5.74, 6) is 0.540. The van der Waals surface area contributed by atoms with Gasteiger partial charge in [-0.25, -0.2) is 0 Å². The lowest BCUT2D eigenvalue weighted by atomic mass is 10.2. The number of H-pyrrole nitrogens is 1. The standard InChI is InChI=1S/C20H21N5O/c1-15-6-5-9-17(14-15)24-10-12-25(13-11-24)20-21-19(26)18(22-23-20)16-7-3-2-4-8-16/h2-9,14H,10-13H2,1H3,(H,21,23,26). The maximum absolute atomic E-state index is 12.4. The van der Waals surface area contributed by atoms with E-state index in [4.69, 9.17) is 0 Å². The molecule has 0 amide bonds. The monoisotopic (exact) mass is 347 g/mol. The first kappa shape index (κ1) is 16.3. The lowest BCUT2D eigenvalue weighted by Gasteiger charge is -2.36. The Morgan fingerprint density at radius 3 is 2.31 bits per heavy atom. The average Bonchev–Trinajstić information content (AvgIpc) is 2.69. The summed E-state index contributed by atoms with van der Waals surface area (Å²) >= 11 is 0. The van der Waals surface area contributed by atoms with Crippen LogP contribution in [-0.2, 0) is 0 Å². The van der Waals surface area contributed by atoms with E-state index in [-0.39, 0.29) is 5.56 Å². The van der Waals surface area contributed by atoms with Gasteiger partial charge in [0.2, 0.25) is 5.95 Å². The van der Waals surface area contributed by atoms with Gasteiger partial charge in [0.25, 0.3) is 5.56 Å². The lowest BCUT2D eigenvalue weighted by molar-refractivity contribution is 0.633. The largest absolute Gasteiger partial charge is 0.368 e. The highest BCUT2D eigenvalue weighted by molar-refractivity contribution is 5.57. The van der Waals surface area contributed by atoms with Gasteiger partial charge in [0, 0.05) is 37.4 Å². The van der Waals surface area contributed by atoms with Crippen molar-refractivity contribution < 1.29 is 0 Å². The van der Waals surface area contributed by atoms with E-state index in [1.165, 1.54) is 11.3 Å². The molecule has 4 rings (SSSR count). The Bertz CT molecular complexity index is 946. The predicted molar refractivity (Wildman–Crippen MR) is 104 cm³/mol. The number of nitrogens with one attached hydrogen (secondary N) is 1. The van der Waals surface area contributed by atoms with Gasteiger partial charge >= 0.3 is 0 Å². The van der Waals surface area contributed by atoms with Gasteiger partial charge in [-0.2, -0.15) is 0 Å². The SMILES string of the molecule is Cc1cccc(N2CCN(c3nnc(-c4ccccc4)c(=O)[nH]3)CC2)c1. The number of aromatic nitrogens is 3. The quantitative estimate of drug-likeness (QED) is 0.788. The number of rotatable bonds is 3. The Kier molecular flexibility index (Phi) is 4.39. The van der Waals surface area contributed by atoms with Crippen molar-refractivity contribution >= 4 is 11.6 Å². The van der Waals surface area contributed by atoms with Crippen LogP contribution in [0.1, 0.15) is 5.56 Å². The van der Waals surface area contributed by atoms with E-state index < -0.39 is 0 Å². The van der Waals surface area contributed by atoms with Gasteiger partial charge in [-0.15, -0.1) is 10.2 Å². The minimum Gasteiger partial charge on any atom is -0.368 e. The fourth-order valence-electron chi connectivity index (χ4n) is 3.26. The van der Waals surface area contributed by atoms with E-state index >= 15 is 0 Å². The number of nitrogens with zero attached hydrogens (tertiary/aromatic N) is 4. The maximum atomic E-state index is 12.4. The molecule has 1 fully saturated rings. The molecule has 1 N–H and O–H groups in total. The van der Waals surface area contributed by atoms with Crippen LogP contribution in [-0.4, -0.2) is 41.4 Å². The third-order valence-corrected chi connectivity index (χ3v) is 4.68. The van der Waals surface area contributed by atoms with Crippen molar-refractivity contribution in [3.63, 3.8) is 0 Å². The van der Waals surface area contributed by atoms with Crippen molar-refractivity contribution in [1.29, 1.82) is 0 Å². The second-order valence-electron chi connectivity index (χ2n) is 6.51. The van der Waals surface area contributed by atoms with Gasteiger partial charge < -0.3 is 9.80 Å². The molecule has 0 radical (unpaired) electrons. The van der Waals surface area contributed by atoms with Crippen molar-refractivity contribution in [3.8, 4) is 11.3 Å². The van der Waals surface area contributed by atoms with Gasteiger partial charge in [0.15, 0.2) is 5.69 Å². The fraction of sp³-hybridized carbons (Fsp3) is 0.250. The van der Waals surface area contributed by atoms with Crippen LogP contribution in [0.25, 0.3) is 11.3 Å². The Morgan fingerprint density at radius 2 is 1.62 bits per heavy atom. The first-order valence-corrected chi connectivity index (χ1v) is 8.80. The second-order valence-corrected chi connectivity index (χ2v) is 6.51. The third-order valence-electron chi connectivity index (χ3n) is 4.68. The summed E-state index contributed by atoms with van der Waals surface area (Å²) in [6.07, 6.45) is 0. The van der Waals surface area contributed by atoms with Gasteiger partial charge in [0.05, 0.1) is 0 Å². The van der Waals surface area contributed by atoms with Crippen LogP contribution in [0.15, 0.2) is 59.4 Å². The van der Waals surface area contributed by atoms with Gasteiger partial charge in [0.1, 0.15) is 0 Å². The fourth-order valence-corrected chi connectivity index (χ4v) is 3.26. The first-order valence-electron chi connectivity index (χ1n) is 8.80. The van der Waals surface area contributed by atoms with Crippen LogP contribution < -0.4 is 15.4 Å². The molecule has 2 aromatic carbocycles. The first-order chi connectivity index (χ1) is 12.7. The average molecular weight is 347 g/mol. The zero-order valence-electron chi connectivity index (χ0n) is 14.7. The number of hydrogen-bond donors (Lipinski definition) is 1. The van der Waals surface area contributed by atoms with Crippen molar-refractivity contribution in [3.05, 3.63) is 70.5 Å². The molecule has 1 aliphatic rings. The molecule has 0 spiro atoms. The molecule has 0 unspecified atom stereocenters. The molecule has 2 heterocycles. The molecule has 26 heavy (non-hydrogen) atoms. The molecular weight excluding hydrogens is 326 g/mol. The minimum absolute atomic E-state index is 0.206. The zero-order valence-corrected chi connectivity index (χ0v) is 14.7. The summed E-state index contributed by atoms with van der Waals surface area (Å²) in [5.41, 5.74) is 3.42. The number of piperazine rings is 1. The third kappa shape index (κ3) is 3.31. The van der Waals surface area contributed by atoms with Gasteiger partial charge in [-0.1, -0.05) is 42.5 Å². The topological polar surface area (TPSA) is 65.1 Å². The summed E-state index contributed by atoms with van der Waals surface area (Å²) in [6, 6.07) is 17.9. The summed E-state index contributed by atoms with van der Waals surface area (Å²) in [4.78, 5) is 19.7. The van der Waals surface area contributed by atoms with Crippen LogP contribution in [0.5, 0.6) is 0 Å². The van der Waals surface area contributed by atoms with Crippen LogP contribution in [0.2, 0.25) is 0 Å². The highest BCUT2D eigenvalue weighted by atomic mass is 16.1. The van der Waals surface area contributed by atoms with Gasteiger partial charge in [-0.3, -0.25) is 9.78 Å². The number of aromatic amines is 1. The molecule has 132 valence electrons. The van der Waals surface area contributed by atoms with E-state index in [1.54, 1.807) is 0 Å².